The van der Waals surface area contributed by atoms with Gasteiger partial charge in [0.15, 0.2) is 0 Å². The van der Waals surface area contributed by atoms with Crippen LogP contribution in [0.3, 0.4) is 0 Å². The van der Waals surface area contributed by atoms with Crippen LogP contribution in [0.5, 0.6) is 0 Å². The fourth-order valence-electron chi connectivity index (χ4n) is 4.51. The zero-order chi connectivity index (χ0) is 24.3. The number of nitrogens with zero attached hydrogens (tertiary/aromatic N) is 4. The van der Waals surface area contributed by atoms with Crippen molar-refractivity contribution in [3.63, 3.8) is 0 Å². The summed E-state index contributed by atoms with van der Waals surface area (Å²) in [6, 6.07) is 11.4. The van der Waals surface area contributed by atoms with Gasteiger partial charge in [0.2, 0.25) is 15.9 Å². The number of piperazine rings is 1. The number of piperidine rings is 1. The van der Waals surface area contributed by atoms with E-state index < -0.39 is 14.9 Å². The summed E-state index contributed by atoms with van der Waals surface area (Å²) in [5, 5.41) is 10.8. The minimum atomic E-state index is -3.77. The van der Waals surface area contributed by atoms with Gasteiger partial charge >= 0.3 is 0 Å². The number of hydrogen-bond donors (Lipinski definition) is 0. The van der Waals surface area contributed by atoms with Gasteiger partial charge in [0, 0.05) is 63.9 Å². The molecule has 4 rings (SSSR count). The monoisotopic (exact) mass is 490 g/mol. The molecular formula is C23H27FN4O5S. The molecule has 2 aliphatic rings. The van der Waals surface area contributed by atoms with Crippen molar-refractivity contribution in [2.24, 2.45) is 5.92 Å². The zero-order valence-electron chi connectivity index (χ0n) is 18.7. The highest BCUT2D eigenvalue weighted by atomic mass is 32.2. The third-order valence-electron chi connectivity index (χ3n) is 6.47. The average molecular weight is 491 g/mol. The van der Waals surface area contributed by atoms with Crippen molar-refractivity contribution in [1.29, 1.82) is 0 Å². The fraction of sp³-hybridized carbons (Fsp3) is 0.435. The minimum Gasteiger partial charge on any atom is -0.340 e. The average Bonchev–Trinajstić information content (AvgIpc) is 2.84. The van der Waals surface area contributed by atoms with Crippen LogP contribution in [-0.2, 0) is 21.4 Å². The normalized spacial score (nSPS) is 18.7. The molecule has 182 valence electrons. The minimum absolute atomic E-state index is 0.0114. The maximum Gasteiger partial charge on any atom is 0.269 e. The van der Waals surface area contributed by atoms with Crippen LogP contribution in [0.4, 0.5) is 10.1 Å². The first-order valence-electron chi connectivity index (χ1n) is 11.2. The van der Waals surface area contributed by atoms with Crippen molar-refractivity contribution in [3.8, 4) is 0 Å². The smallest absolute Gasteiger partial charge is 0.269 e. The molecule has 2 aromatic rings. The Kier molecular flexibility index (Phi) is 7.24. The second-order valence-corrected chi connectivity index (χ2v) is 10.6. The van der Waals surface area contributed by atoms with E-state index >= 15 is 0 Å². The highest BCUT2D eigenvalue weighted by Gasteiger charge is 2.34. The number of sulfonamides is 1. The van der Waals surface area contributed by atoms with Gasteiger partial charge in [-0.1, -0.05) is 12.1 Å². The van der Waals surface area contributed by atoms with Crippen molar-refractivity contribution in [2.75, 3.05) is 39.3 Å². The number of rotatable bonds is 6. The van der Waals surface area contributed by atoms with Crippen LogP contribution in [0.15, 0.2) is 53.4 Å². The summed E-state index contributed by atoms with van der Waals surface area (Å²) < 4.78 is 40.5. The van der Waals surface area contributed by atoms with Crippen LogP contribution in [-0.4, -0.2) is 72.6 Å². The first-order chi connectivity index (χ1) is 16.2. The predicted octanol–water partition coefficient (Wildman–Crippen LogP) is 2.48. The van der Waals surface area contributed by atoms with Crippen molar-refractivity contribution < 1.29 is 22.5 Å². The van der Waals surface area contributed by atoms with E-state index in [1.165, 1.54) is 40.7 Å². The molecule has 34 heavy (non-hydrogen) atoms. The van der Waals surface area contributed by atoms with Gasteiger partial charge in [0.25, 0.3) is 5.69 Å². The Morgan fingerprint density at radius 2 is 1.65 bits per heavy atom. The molecule has 0 N–H and O–H groups in total. The molecule has 0 radical (unpaired) electrons. The van der Waals surface area contributed by atoms with E-state index in [1.54, 1.807) is 6.07 Å². The Bertz CT molecular complexity index is 1140. The van der Waals surface area contributed by atoms with E-state index in [0.29, 0.717) is 45.6 Å². The fourth-order valence-corrected chi connectivity index (χ4v) is 5.98. The van der Waals surface area contributed by atoms with E-state index in [4.69, 9.17) is 0 Å². The number of benzene rings is 2. The number of nitro benzene ring substituents is 1. The number of carbonyl (C=O) groups excluding carboxylic acids is 1. The number of nitro groups is 1. The van der Waals surface area contributed by atoms with Gasteiger partial charge in [0.05, 0.1) is 9.82 Å². The van der Waals surface area contributed by atoms with Gasteiger partial charge < -0.3 is 4.90 Å². The summed E-state index contributed by atoms with van der Waals surface area (Å²) in [4.78, 5) is 27.3. The molecule has 0 spiro atoms. The van der Waals surface area contributed by atoms with Crippen molar-refractivity contribution in [2.45, 2.75) is 24.3 Å². The van der Waals surface area contributed by atoms with E-state index in [9.17, 15) is 27.7 Å². The predicted molar refractivity (Wildman–Crippen MR) is 123 cm³/mol. The molecule has 2 aromatic carbocycles. The molecule has 0 atom stereocenters. The third kappa shape index (κ3) is 5.43. The highest BCUT2D eigenvalue weighted by molar-refractivity contribution is 7.89. The molecular weight excluding hydrogens is 463 g/mol. The second kappa shape index (κ2) is 10.2. The molecule has 0 aromatic heterocycles. The molecule has 9 nitrogen and oxygen atoms in total. The number of non-ortho nitro benzene ring substituents is 1. The van der Waals surface area contributed by atoms with Gasteiger partial charge in [0.1, 0.15) is 5.82 Å². The second-order valence-electron chi connectivity index (χ2n) is 8.66. The van der Waals surface area contributed by atoms with Crippen LogP contribution >= 0.6 is 0 Å². The summed E-state index contributed by atoms with van der Waals surface area (Å²) in [6.07, 6.45) is 0.878. The maximum absolute atomic E-state index is 13.4. The highest BCUT2D eigenvalue weighted by Crippen LogP contribution is 2.26. The molecule has 2 aliphatic heterocycles. The summed E-state index contributed by atoms with van der Waals surface area (Å²) in [5.41, 5.74) is 0.737. The van der Waals surface area contributed by atoms with Crippen LogP contribution < -0.4 is 0 Å². The Labute approximate surface area is 198 Å². The van der Waals surface area contributed by atoms with Gasteiger partial charge in [-0.2, -0.15) is 4.31 Å². The zero-order valence-corrected chi connectivity index (χ0v) is 19.5. The number of halogens is 1. The molecule has 2 saturated heterocycles. The number of carbonyl (C=O) groups is 1. The lowest BCUT2D eigenvalue weighted by Gasteiger charge is -2.38. The van der Waals surface area contributed by atoms with Crippen molar-refractivity contribution in [1.82, 2.24) is 14.1 Å². The molecule has 0 bridgehead atoms. The van der Waals surface area contributed by atoms with Crippen molar-refractivity contribution >= 4 is 21.6 Å². The molecule has 0 saturated carbocycles. The third-order valence-corrected chi connectivity index (χ3v) is 8.38. The first kappa shape index (κ1) is 24.2. The number of hydrogen-bond acceptors (Lipinski definition) is 6. The van der Waals surface area contributed by atoms with Gasteiger partial charge in [-0.05, 0) is 42.7 Å². The molecule has 2 fully saturated rings. The van der Waals surface area contributed by atoms with Crippen LogP contribution in [0.2, 0.25) is 0 Å². The van der Waals surface area contributed by atoms with E-state index in [0.717, 1.165) is 5.56 Å². The van der Waals surface area contributed by atoms with Crippen LogP contribution in [0.1, 0.15) is 18.4 Å². The summed E-state index contributed by atoms with van der Waals surface area (Å²) in [7, 11) is -3.77. The Balaban J connectivity index is 1.28. The standard InChI is InChI=1S/C23H27FN4O5S/c24-20-3-1-2-18(16-20)17-25-12-14-26(15-13-25)23(29)19-8-10-27(11-9-19)34(32,33)22-6-4-21(5-7-22)28(30)31/h1-7,16,19H,8-15,17H2. The molecule has 2 heterocycles. The largest absolute Gasteiger partial charge is 0.340 e. The number of amides is 1. The Hall–Kier alpha value is -2.89. The van der Waals surface area contributed by atoms with E-state index in [2.05, 4.69) is 4.90 Å². The quantitative estimate of drug-likeness (QED) is 0.455. The van der Waals surface area contributed by atoms with Gasteiger partial charge in [-0.3, -0.25) is 19.8 Å². The van der Waals surface area contributed by atoms with Crippen LogP contribution in [0, 0.1) is 21.8 Å². The molecule has 0 unspecified atom stereocenters. The van der Waals surface area contributed by atoms with Crippen molar-refractivity contribution in [3.05, 3.63) is 70.0 Å². The van der Waals surface area contributed by atoms with Gasteiger partial charge in [-0.15, -0.1) is 0 Å². The topological polar surface area (TPSA) is 104 Å². The molecule has 0 aliphatic carbocycles. The Morgan fingerprint density at radius 1 is 1.00 bits per heavy atom. The molecule has 11 heteroatoms. The molecule has 1 amide bonds. The van der Waals surface area contributed by atoms with Gasteiger partial charge in [-0.25, -0.2) is 12.8 Å². The maximum atomic E-state index is 13.4. The lowest BCUT2D eigenvalue weighted by atomic mass is 9.96. The summed E-state index contributed by atoms with van der Waals surface area (Å²) in [6.45, 7) is 3.69. The van der Waals surface area contributed by atoms with Crippen LogP contribution in [0.25, 0.3) is 0 Å². The lowest BCUT2D eigenvalue weighted by Crippen LogP contribution is -2.51. The van der Waals surface area contributed by atoms with E-state index in [-0.39, 0.29) is 41.3 Å². The SMILES string of the molecule is O=C(C1CCN(S(=O)(=O)c2ccc([N+](=O)[O-])cc2)CC1)N1CCN(Cc2cccc(F)c2)CC1. The summed E-state index contributed by atoms with van der Waals surface area (Å²) in [5.74, 6) is -0.427. The van der Waals surface area contributed by atoms with E-state index in [1.807, 2.05) is 11.0 Å². The Morgan fingerprint density at radius 3 is 2.24 bits per heavy atom. The summed E-state index contributed by atoms with van der Waals surface area (Å²) >= 11 is 0. The lowest BCUT2D eigenvalue weighted by molar-refractivity contribution is -0.384. The first-order valence-corrected chi connectivity index (χ1v) is 12.7.